The van der Waals surface area contributed by atoms with E-state index in [2.05, 4.69) is 26.2 Å². The minimum atomic E-state index is -0.273. The first kappa shape index (κ1) is 18.2. The Hall–Kier alpha value is -3.18. The number of carbonyl (C=O) groups is 1. The highest BCUT2D eigenvalue weighted by molar-refractivity contribution is 9.10. The van der Waals surface area contributed by atoms with Crippen molar-refractivity contribution in [2.24, 2.45) is 4.99 Å². The van der Waals surface area contributed by atoms with Crippen LogP contribution in [-0.2, 0) is 0 Å². The van der Waals surface area contributed by atoms with E-state index in [4.69, 9.17) is 4.42 Å². The van der Waals surface area contributed by atoms with Crippen molar-refractivity contribution in [3.63, 3.8) is 0 Å². The van der Waals surface area contributed by atoms with Gasteiger partial charge in [0.1, 0.15) is 5.58 Å². The molecule has 0 aliphatic heterocycles. The molecule has 0 radical (unpaired) electrons. The number of nitrogens with zero attached hydrogens (tertiary/aromatic N) is 1. The molecule has 4 rings (SSSR count). The van der Waals surface area contributed by atoms with Crippen molar-refractivity contribution < 1.29 is 9.21 Å². The van der Waals surface area contributed by atoms with Crippen LogP contribution < -0.4 is 5.32 Å². The Bertz CT molecular complexity index is 1140. The van der Waals surface area contributed by atoms with Gasteiger partial charge >= 0.3 is 0 Å². The van der Waals surface area contributed by atoms with Gasteiger partial charge in [0.15, 0.2) is 5.76 Å². The van der Waals surface area contributed by atoms with Crippen molar-refractivity contribution in [2.75, 3.05) is 5.32 Å². The van der Waals surface area contributed by atoms with Gasteiger partial charge in [0.2, 0.25) is 0 Å². The summed E-state index contributed by atoms with van der Waals surface area (Å²) in [6.45, 7) is 1.94. The smallest absolute Gasteiger partial charge is 0.291 e. The zero-order chi connectivity index (χ0) is 19.5. The van der Waals surface area contributed by atoms with E-state index in [1.54, 1.807) is 6.07 Å². The van der Waals surface area contributed by atoms with Crippen LogP contribution in [0.25, 0.3) is 11.0 Å². The second-order valence-electron chi connectivity index (χ2n) is 6.41. The molecule has 1 heterocycles. The Morgan fingerprint density at radius 3 is 2.57 bits per heavy atom. The van der Waals surface area contributed by atoms with Crippen LogP contribution in [-0.4, -0.2) is 12.1 Å². The Morgan fingerprint density at radius 2 is 1.82 bits per heavy atom. The fourth-order valence-corrected chi connectivity index (χ4v) is 3.11. The lowest BCUT2D eigenvalue weighted by molar-refractivity contribution is 0.0998. The molecule has 0 fully saturated rings. The number of benzene rings is 3. The van der Waals surface area contributed by atoms with Crippen LogP contribution in [0, 0.1) is 6.92 Å². The molecule has 0 atom stereocenters. The van der Waals surface area contributed by atoms with E-state index in [9.17, 15) is 4.79 Å². The van der Waals surface area contributed by atoms with Crippen molar-refractivity contribution in [3.8, 4) is 0 Å². The number of halogens is 1. The summed E-state index contributed by atoms with van der Waals surface area (Å²) in [5, 5.41) is 3.81. The van der Waals surface area contributed by atoms with Gasteiger partial charge in [-0.25, -0.2) is 0 Å². The summed E-state index contributed by atoms with van der Waals surface area (Å²) in [7, 11) is 0. The van der Waals surface area contributed by atoms with E-state index >= 15 is 0 Å². The standard InChI is InChI=1S/C23H17BrN2O2/c1-15-12-19(25-14-16-6-8-18(24)9-7-16)10-11-20(15)26-23(27)22-13-17-4-2-3-5-21(17)28-22/h2-14H,1H3,(H,26,27). The maximum Gasteiger partial charge on any atom is 0.291 e. The van der Waals surface area contributed by atoms with E-state index < -0.39 is 0 Å². The lowest BCUT2D eigenvalue weighted by Crippen LogP contribution is -2.11. The predicted molar refractivity (Wildman–Crippen MR) is 117 cm³/mol. The number of anilines is 1. The second kappa shape index (κ2) is 7.82. The predicted octanol–water partition coefficient (Wildman–Crippen LogP) is 6.51. The first-order chi connectivity index (χ1) is 13.6. The van der Waals surface area contributed by atoms with Gasteiger partial charge in [-0.3, -0.25) is 9.79 Å². The number of aryl methyl sites for hydroxylation is 1. The van der Waals surface area contributed by atoms with Crippen molar-refractivity contribution >= 4 is 50.4 Å². The van der Waals surface area contributed by atoms with Gasteiger partial charge in [0, 0.05) is 21.8 Å². The summed E-state index contributed by atoms with van der Waals surface area (Å²) in [6.07, 6.45) is 1.81. The van der Waals surface area contributed by atoms with Crippen LogP contribution in [0.1, 0.15) is 21.7 Å². The molecule has 0 unspecified atom stereocenters. The number of aliphatic imine (C=N–C) groups is 1. The molecule has 1 amide bonds. The Balaban J connectivity index is 1.49. The lowest BCUT2D eigenvalue weighted by atomic mass is 10.1. The molecule has 5 heteroatoms. The fourth-order valence-electron chi connectivity index (χ4n) is 2.84. The molecular formula is C23H17BrN2O2. The van der Waals surface area contributed by atoms with Crippen LogP contribution in [0.15, 0.2) is 86.7 Å². The Labute approximate surface area is 171 Å². The van der Waals surface area contributed by atoms with E-state index in [0.29, 0.717) is 5.58 Å². The topological polar surface area (TPSA) is 54.6 Å². The zero-order valence-electron chi connectivity index (χ0n) is 15.1. The average Bonchev–Trinajstić information content (AvgIpc) is 3.14. The number of nitrogens with one attached hydrogen (secondary N) is 1. The first-order valence-corrected chi connectivity index (χ1v) is 9.58. The van der Waals surface area contributed by atoms with Crippen LogP contribution in [0.5, 0.6) is 0 Å². The zero-order valence-corrected chi connectivity index (χ0v) is 16.7. The monoisotopic (exact) mass is 432 g/mol. The molecule has 28 heavy (non-hydrogen) atoms. The van der Waals surface area contributed by atoms with E-state index in [0.717, 1.165) is 32.4 Å². The molecule has 0 saturated heterocycles. The third kappa shape index (κ3) is 4.05. The quantitative estimate of drug-likeness (QED) is 0.373. The minimum absolute atomic E-state index is 0.273. The summed E-state index contributed by atoms with van der Waals surface area (Å²) in [5.41, 5.74) is 4.19. The number of carbonyl (C=O) groups excluding carboxylic acids is 1. The summed E-state index contributed by atoms with van der Waals surface area (Å²) < 4.78 is 6.66. The highest BCUT2D eigenvalue weighted by Gasteiger charge is 2.13. The van der Waals surface area contributed by atoms with Crippen LogP contribution in [0.4, 0.5) is 11.4 Å². The molecule has 0 spiro atoms. The number of fused-ring (bicyclic) bond motifs is 1. The number of furan rings is 1. The third-order valence-electron chi connectivity index (χ3n) is 4.34. The second-order valence-corrected chi connectivity index (χ2v) is 7.33. The van der Waals surface area contributed by atoms with Gasteiger partial charge in [-0.2, -0.15) is 0 Å². The summed E-state index contributed by atoms with van der Waals surface area (Å²) in [4.78, 5) is 17.0. The molecule has 0 aliphatic carbocycles. The van der Waals surface area contributed by atoms with Gasteiger partial charge in [0.05, 0.1) is 5.69 Å². The largest absolute Gasteiger partial charge is 0.451 e. The van der Waals surface area contributed by atoms with Gasteiger partial charge in [0.25, 0.3) is 5.91 Å². The van der Waals surface area contributed by atoms with Gasteiger partial charge in [-0.1, -0.05) is 46.3 Å². The van der Waals surface area contributed by atoms with Crippen molar-refractivity contribution in [1.29, 1.82) is 0 Å². The normalized spacial score (nSPS) is 11.2. The van der Waals surface area contributed by atoms with E-state index in [1.807, 2.05) is 79.9 Å². The maximum absolute atomic E-state index is 12.5. The van der Waals surface area contributed by atoms with Crippen molar-refractivity contribution in [2.45, 2.75) is 6.92 Å². The summed E-state index contributed by atoms with van der Waals surface area (Å²) in [6, 6.07) is 22.9. The summed E-state index contributed by atoms with van der Waals surface area (Å²) >= 11 is 3.42. The molecule has 0 bridgehead atoms. The van der Waals surface area contributed by atoms with Gasteiger partial charge in [-0.15, -0.1) is 0 Å². The number of rotatable bonds is 4. The molecule has 4 aromatic rings. The summed E-state index contributed by atoms with van der Waals surface area (Å²) in [5.74, 6) is 0.0170. The highest BCUT2D eigenvalue weighted by Crippen LogP contribution is 2.24. The van der Waals surface area contributed by atoms with Crippen LogP contribution >= 0.6 is 15.9 Å². The molecule has 138 valence electrons. The maximum atomic E-state index is 12.5. The molecule has 3 aromatic carbocycles. The van der Waals surface area contributed by atoms with Crippen LogP contribution in [0.2, 0.25) is 0 Å². The third-order valence-corrected chi connectivity index (χ3v) is 4.87. The molecule has 1 aromatic heterocycles. The molecule has 1 N–H and O–H groups in total. The average molecular weight is 433 g/mol. The highest BCUT2D eigenvalue weighted by atomic mass is 79.9. The lowest BCUT2D eigenvalue weighted by Gasteiger charge is -2.07. The number of hydrogen-bond acceptors (Lipinski definition) is 3. The Morgan fingerprint density at radius 1 is 1.04 bits per heavy atom. The molecular weight excluding hydrogens is 416 g/mol. The van der Waals surface area contributed by atoms with Gasteiger partial charge in [-0.05, 0) is 60.5 Å². The van der Waals surface area contributed by atoms with Crippen LogP contribution in [0.3, 0.4) is 0 Å². The van der Waals surface area contributed by atoms with Crippen molar-refractivity contribution in [3.05, 3.63) is 94.2 Å². The first-order valence-electron chi connectivity index (χ1n) is 8.79. The molecule has 0 aliphatic rings. The SMILES string of the molecule is Cc1cc(N=Cc2ccc(Br)cc2)ccc1NC(=O)c1cc2ccccc2o1. The van der Waals surface area contributed by atoms with Gasteiger partial charge < -0.3 is 9.73 Å². The molecule has 0 saturated carbocycles. The number of amides is 1. The van der Waals surface area contributed by atoms with E-state index in [1.165, 1.54) is 0 Å². The molecule has 4 nitrogen and oxygen atoms in total. The minimum Gasteiger partial charge on any atom is -0.451 e. The number of para-hydroxylation sites is 1. The van der Waals surface area contributed by atoms with Crippen molar-refractivity contribution in [1.82, 2.24) is 0 Å². The number of hydrogen-bond donors (Lipinski definition) is 1. The van der Waals surface area contributed by atoms with E-state index in [-0.39, 0.29) is 11.7 Å². The Kier molecular flexibility index (Phi) is 5.08. The fraction of sp³-hybridized carbons (Fsp3) is 0.0435.